The summed E-state index contributed by atoms with van der Waals surface area (Å²) in [6.07, 6.45) is 0.219. The number of methoxy groups -OCH3 is 1. The van der Waals surface area contributed by atoms with E-state index in [1.807, 2.05) is 24.3 Å². The lowest BCUT2D eigenvalue weighted by Gasteiger charge is -2.16. The molecule has 2 aromatic rings. The molecule has 25 heavy (non-hydrogen) atoms. The van der Waals surface area contributed by atoms with Gasteiger partial charge in [0.1, 0.15) is 5.75 Å². The minimum Gasteiger partial charge on any atom is -0.497 e. The molecule has 0 saturated carbocycles. The lowest BCUT2D eigenvalue weighted by molar-refractivity contribution is -0.126. The van der Waals surface area contributed by atoms with Crippen LogP contribution in [-0.2, 0) is 16.1 Å². The third kappa shape index (κ3) is 4.12. The van der Waals surface area contributed by atoms with E-state index in [2.05, 4.69) is 5.32 Å². The van der Waals surface area contributed by atoms with Crippen molar-refractivity contribution in [2.45, 2.75) is 13.0 Å². The van der Waals surface area contributed by atoms with Crippen molar-refractivity contribution in [3.8, 4) is 5.75 Å². The molecule has 1 atom stereocenters. The van der Waals surface area contributed by atoms with Crippen molar-refractivity contribution in [2.24, 2.45) is 5.92 Å². The summed E-state index contributed by atoms with van der Waals surface area (Å²) in [6, 6.07) is 14.6. The minimum atomic E-state index is -0.346. The zero-order valence-electron chi connectivity index (χ0n) is 13.9. The van der Waals surface area contributed by atoms with Gasteiger partial charge in [-0.05, 0) is 42.0 Å². The first-order valence-electron chi connectivity index (χ1n) is 8.03. The number of hydrogen-bond donors (Lipinski definition) is 1. The zero-order valence-corrected chi connectivity index (χ0v) is 14.6. The number of benzene rings is 2. The molecule has 0 bridgehead atoms. The fourth-order valence-corrected chi connectivity index (χ4v) is 2.96. The third-order valence-electron chi connectivity index (χ3n) is 4.26. The van der Waals surface area contributed by atoms with Crippen LogP contribution in [0, 0.1) is 5.92 Å². The average Bonchev–Trinajstić information content (AvgIpc) is 3.02. The second-order valence-corrected chi connectivity index (χ2v) is 6.38. The van der Waals surface area contributed by atoms with Gasteiger partial charge in [-0.15, -0.1) is 0 Å². The number of carbonyl (C=O) groups is 2. The van der Waals surface area contributed by atoms with Gasteiger partial charge in [-0.25, -0.2) is 0 Å². The highest BCUT2D eigenvalue weighted by Gasteiger charge is 2.34. The van der Waals surface area contributed by atoms with Gasteiger partial charge in [-0.1, -0.05) is 23.7 Å². The lowest BCUT2D eigenvalue weighted by atomic mass is 10.1. The highest BCUT2D eigenvalue weighted by atomic mass is 35.5. The number of nitrogens with zero attached hydrogens (tertiary/aromatic N) is 1. The fourth-order valence-electron chi connectivity index (χ4n) is 2.83. The molecule has 1 aliphatic heterocycles. The van der Waals surface area contributed by atoms with E-state index in [-0.39, 0.29) is 24.2 Å². The lowest BCUT2D eigenvalue weighted by Crippen LogP contribution is -2.32. The van der Waals surface area contributed by atoms with Gasteiger partial charge in [0.25, 0.3) is 0 Å². The van der Waals surface area contributed by atoms with E-state index in [9.17, 15) is 9.59 Å². The van der Waals surface area contributed by atoms with E-state index in [0.717, 1.165) is 17.0 Å². The number of amides is 2. The molecule has 0 radical (unpaired) electrons. The summed E-state index contributed by atoms with van der Waals surface area (Å²) in [6.45, 7) is 0.809. The summed E-state index contributed by atoms with van der Waals surface area (Å²) in [5, 5.41) is 3.52. The van der Waals surface area contributed by atoms with Crippen LogP contribution in [0.3, 0.4) is 0 Å². The molecule has 1 N–H and O–H groups in total. The summed E-state index contributed by atoms with van der Waals surface area (Å²) < 4.78 is 5.11. The predicted molar refractivity (Wildman–Crippen MR) is 96.8 cm³/mol. The van der Waals surface area contributed by atoms with E-state index in [1.54, 1.807) is 36.3 Å². The first-order chi connectivity index (χ1) is 12.1. The predicted octanol–water partition coefficient (Wildman–Crippen LogP) is 3.02. The Labute approximate surface area is 151 Å². The third-order valence-corrected chi connectivity index (χ3v) is 4.51. The smallest absolute Gasteiger partial charge is 0.227 e. The van der Waals surface area contributed by atoms with Crippen LogP contribution in [0.1, 0.15) is 12.0 Å². The van der Waals surface area contributed by atoms with E-state index < -0.39 is 0 Å². The molecule has 1 unspecified atom stereocenters. The number of rotatable bonds is 5. The summed E-state index contributed by atoms with van der Waals surface area (Å²) in [7, 11) is 1.61. The molecular formula is C19H19ClN2O3. The second-order valence-electron chi connectivity index (χ2n) is 5.95. The van der Waals surface area contributed by atoms with Gasteiger partial charge >= 0.3 is 0 Å². The van der Waals surface area contributed by atoms with Crippen molar-refractivity contribution < 1.29 is 14.3 Å². The number of halogens is 1. The average molecular weight is 359 g/mol. The SMILES string of the molecule is COc1ccc(CNC(=O)C2CC(=O)N(c3ccc(Cl)cc3)C2)cc1. The van der Waals surface area contributed by atoms with E-state index in [4.69, 9.17) is 16.3 Å². The largest absolute Gasteiger partial charge is 0.497 e. The van der Waals surface area contributed by atoms with Crippen molar-refractivity contribution in [2.75, 3.05) is 18.6 Å². The number of carbonyl (C=O) groups excluding carboxylic acids is 2. The van der Waals surface area contributed by atoms with Crippen molar-refractivity contribution in [1.29, 1.82) is 0 Å². The summed E-state index contributed by atoms with van der Waals surface area (Å²) in [5.41, 5.74) is 1.74. The van der Waals surface area contributed by atoms with Crippen molar-refractivity contribution in [3.63, 3.8) is 0 Å². The van der Waals surface area contributed by atoms with E-state index in [0.29, 0.717) is 18.1 Å². The Morgan fingerprint density at radius 1 is 1.20 bits per heavy atom. The maximum atomic E-state index is 12.4. The van der Waals surface area contributed by atoms with Crippen molar-refractivity contribution in [1.82, 2.24) is 5.32 Å². The Kier molecular flexibility index (Phi) is 5.24. The van der Waals surface area contributed by atoms with Crippen molar-refractivity contribution in [3.05, 3.63) is 59.1 Å². The molecule has 2 aromatic carbocycles. The maximum absolute atomic E-state index is 12.4. The first kappa shape index (κ1) is 17.3. The van der Waals surface area contributed by atoms with Crippen molar-refractivity contribution >= 4 is 29.1 Å². The molecular weight excluding hydrogens is 340 g/mol. The number of nitrogens with one attached hydrogen (secondary N) is 1. The van der Waals surface area contributed by atoms with Gasteiger partial charge in [-0.2, -0.15) is 0 Å². The molecule has 0 aliphatic carbocycles. The molecule has 0 aromatic heterocycles. The Morgan fingerprint density at radius 3 is 2.52 bits per heavy atom. The van der Waals surface area contributed by atoms with Crippen LogP contribution in [0.5, 0.6) is 5.75 Å². The standard InChI is InChI=1S/C19H19ClN2O3/c1-25-17-8-2-13(3-9-17)11-21-19(24)14-10-18(23)22(12-14)16-6-4-15(20)5-7-16/h2-9,14H,10-12H2,1H3,(H,21,24). The Bertz CT molecular complexity index is 759. The molecule has 1 heterocycles. The van der Waals surface area contributed by atoms with Crippen LogP contribution in [0.2, 0.25) is 5.02 Å². The maximum Gasteiger partial charge on any atom is 0.227 e. The highest BCUT2D eigenvalue weighted by Crippen LogP contribution is 2.26. The van der Waals surface area contributed by atoms with Gasteiger partial charge in [0.15, 0.2) is 0 Å². The van der Waals surface area contributed by atoms with Crippen LogP contribution < -0.4 is 15.0 Å². The Hall–Kier alpha value is -2.53. The fraction of sp³-hybridized carbons (Fsp3) is 0.263. The molecule has 1 aliphatic rings. The first-order valence-corrected chi connectivity index (χ1v) is 8.41. The van der Waals surface area contributed by atoms with E-state index in [1.165, 1.54) is 0 Å². The summed E-state index contributed by atoms with van der Waals surface area (Å²) >= 11 is 5.88. The normalized spacial score (nSPS) is 16.8. The van der Waals surface area contributed by atoms with Gasteiger partial charge in [0.2, 0.25) is 11.8 Å². The second kappa shape index (κ2) is 7.57. The molecule has 2 amide bonds. The number of anilines is 1. The molecule has 1 fully saturated rings. The van der Waals surface area contributed by atoms with Crippen LogP contribution >= 0.6 is 11.6 Å². The minimum absolute atomic E-state index is 0.0491. The quantitative estimate of drug-likeness (QED) is 0.893. The molecule has 6 heteroatoms. The zero-order chi connectivity index (χ0) is 17.8. The summed E-state index contributed by atoms with van der Waals surface area (Å²) in [5.74, 6) is 0.268. The van der Waals surface area contributed by atoms with Gasteiger partial charge in [-0.3, -0.25) is 9.59 Å². The number of hydrogen-bond acceptors (Lipinski definition) is 3. The topological polar surface area (TPSA) is 58.6 Å². The molecule has 0 spiro atoms. The molecule has 1 saturated heterocycles. The Morgan fingerprint density at radius 2 is 1.88 bits per heavy atom. The molecule has 5 nitrogen and oxygen atoms in total. The monoisotopic (exact) mass is 358 g/mol. The van der Waals surface area contributed by atoms with Gasteiger partial charge in [0.05, 0.1) is 13.0 Å². The number of ether oxygens (including phenoxy) is 1. The Balaban J connectivity index is 1.57. The van der Waals surface area contributed by atoms with Gasteiger partial charge in [0, 0.05) is 30.2 Å². The van der Waals surface area contributed by atoms with E-state index >= 15 is 0 Å². The molecule has 130 valence electrons. The van der Waals surface area contributed by atoms with Crippen LogP contribution in [0.4, 0.5) is 5.69 Å². The van der Waals surface area contributed by atoms with Crippen LogP contribution in [-0.4, -0.2) is 25.5 Å². The summed E-state index contributed by atoms with van der Waals surface area (Å²) in [4.78, 5) is 26.2. The van der Waals surface area contributed by atoms with Gasteiger partial charge < -0.3 is 15.0 Å². The van der Waals surface area contributed by atoms with Crippen LogP contribution in [0.25, 0.3) is 0 Å². The van der Waals surface area contributed by atoms with Crippen LogP contribution in [0.15, 0.2) is 48.5 Å². The molecule has 3 rings (SSSR count). The highest BCUT2D eigenvalue weighted by molar-refractivity contribution is 6.30.